The summed E-state index contributed by atoms with van der Waals surface area (Å²) in [5.74, 6) is -0.533. The molecule has 0 atom stereocenters. The van der Waals surface area contributed by atoms with Crippen molar-refractivity contribution in [3.63, 3.8) is 0 Å². The number of aromatic nitrogens is 5. The first-order valence-corrected chi connectivity index (χ1v) is 11.5. The molecular weight excluding hydrogens is 469 g/mol. The molecule has 5 rings (SSSR count). The van der Waals surface area contributed by atoms with E-state index in [0.717, 1.165) is 34.4 Å². The van der Waals surface area contributed by atoms with Gasteiger partial charge in [0.15, 0.2) is 11.3 Å². The van der Waals surface area contributed by atoms with Crippen molar-refractivity contribution in [3.05, 3.63) is 83.4 Å². The predicted octanol–water partition coefficient (Wildman–Crippen LogP) is 5.20. The van der Waals surface area contributed by atoms with Gasteiger partial charge in [-0.1, -0.05) is 42.5 Å². The number of nitrogens with one attached hydrogen (secondary N) is 1. The van der Waals surface area contributed by atoms with Crippen LogP contribution in [0, 0.1) is 13.8 Å². The standard InChI is InChI=1S/C26H23F3N6O/c1-16-13-17(2)34(33-16)12-6-11-30-25(36)21-15-31-35-23(26(27,28)29)14-22(32-24(21)35)20-10-5-8-18-7-3-4-9-19(18)20/h3-5,7-10,13-15H,6,11-12H2,1-2H3,(H,30,36). The van der Waals surface area contributed by atoms with E-state index in [0.29, 0.717) is 29.6 Å². The fourth-order valence-electron chi connectivity index (χ4n) is 4.34. The van der Waals surface area contributed by atoms with Crippen molar-refractivity contribution in [1.82, 2.24) is 29.7 Å². The Labute approximate surface area is 204 Å². The van der Waals surface area contributed by atoms with E-state index in [1.807, 2.05) is 54.9 Å². The van der Waals surface area contributed by atoms with Crippen molar-refractivity contribution in [2.75, 3.05) is 6.54 Å². The summed E-state index contributed by atoms with van der Waals surface area (Å²) < 4.78 is 44.5. The zero-order valence-electron chi connectivity index (χ0n) is 19.7. The first-order valence-electron chi connectivity index (χ1n) is 11.5. The molecule has 0 aliphatic heterocycles. The molecule has 3 heterocycles. The normalized spacial score (nSPS) is 11.9. The van der Waals surface area contributed by atoms with Crippen LogP contribution in [0.5, 0.6) is 0 Å². The molecule has 2 aromatic carbocycles. The molecule has 184 valence electrons. The molecular formula is C26H23F3N6O. The Morgan fingerprint density at radius 3 is 2.58 bits per heavy atom. The molecule has 1 amide bonds. The molecule has 36 heavy (non-hydrogen) atoms. The van der Waals surface area contributed by atoms with Crippen LogP contribution in [0.3, 0.4) is 0 Å². The van der Waals surface area contributed by atoms with Gasteiger partial charge in [0.05, 0.1) is 17.6 Å². The van der Waals surface area contributed by atoms with Gasteiger partial charge >= 0.3 is 6.18 Å². The first kappa shape index (κ1) is 23.5. The van der Waals surface area contributed by atoms with Crippen LogP contribution >= 0.6 is 0 Å². The zero-order chi connectivity index (χ0) is 25.4. The number of hydrogen-bond donors (Lipinski definition) is 1. The Balaban J connectivity index is 1.48. The lowest BCUT2D eigenvalue weighted by atomic mass is 10.0. The second kappa shape index (κ2) is 9.10. The number of alkyl halides is 3. The highest BCUT2D eigenvalue weighted by Gasteiger charge is 2.36. The maximum Gasteiger partial charge on any atom is 0.433 e. The topological polar surface area (TPSA) is 77.1 Å². The van der Waals surface area contributed by atoms with Gasteiger partial charge in [0.1, 0.15) is 5.56 Å². The van der Waals surface area contributed by atoms with Crippen LogP contribution in [0.15, 0.2) is 60.8 Å². The lowest BCUT2D eigenvalue weighted by molar-refractivity contribution is -0.142. The van der Waals surface area contributed by atoms with Crippen LogP contribution in [-0.4, -0.2) is 36.8 Å². The second-order valence-corrected chi connectivity index (χ2v) is 8.60. The molecule has 0 unspecified atom stereocenters. The molecule has 0 bridgehead atoms. The predicted molar refractivity (Wildman–Crippen MR) is 130 cm³/mol. The molecule has 3 aromatic heterocycles. The van der Waals surface area contributed by atoms with Crippen molar-refractivity contribution in [2.24, 2.45) is 0 Å². The van der Waals surface area contributed by atoms with Gasteiger partial charge in [-0.05, 0) is 43.2 Å². The summed E-state index contributed by atoms with van der Waals surface area (Å²) in [6.45, 7) is 4.79. The van der Waals surface area contributed by atoms with E-state index in [-0.39, 0.29) is 16.9 Å². The van der Waals surface area contributed by atoms with Crippen LogP contribution < -0.4 is 5.32 Å². The number of carbonyl (C=O) groups excluding carboxylic acids is 1. The number of rotatable bonds is 6. The average molecular weight is 493 g/mol. The molecule has 0 saturated carbocycles. The number of benzene rings is 2. The Kier molecular flexibility index (Phi) is 5.95. The number of nitrogens with zero attached hydrogens (tertiary/aromatic N) is 5. The molecule has 0 spiro atoms. The highest BCUT2D eigenvalue weighted by Crippen LogP contribution is 2.34. The van der Waals surface area contributed by atoms with Crippen molar-refractivity contribution in [1.29, 1.82) is 0 Å². The van der Waals surface area contributed by atoms with Gasteiger partial charge in [-0.15, -0.1) is 0 Å². The monoisotopic (exact) mass is 492 g/mol. The van der Waals surface area contributed by atoms with Gasteiger partial charge in [0, 0.05) is 24.3 Å². The van der Waals surface area contributed by atoms with Crippen molar-refractivity contribution < 1.29 is 18.0 Å². The number of amides is 1. The highest BCUT2D eigenvalue weighted by molar-refractivity contribution is 6.00. The maximum absolute atomic E-state index is 14.0. The van der Waals surface area contributed by atoms with Crippen LogP contribution in [0.4, 0.5) is 13.2 Å². The summed E-state index contributed by atoms with van der Waals surface area (Å²) in [7, 11) is 0. The molecule has 7 nitrogen and oxygen atoms in total. The average Bonchev–Trinajstić information content (AvgIpc) is 3.42. The van der Waals surface area contributed by atoms with Gasteiger partial charge in [0.25, 0.3) is 5.91 Å². The summed E-state index contributed by atoms with van der Waals surface area (Å²) in [5.41, 5.74) is 1.42. The second-order valence-electron chi connectivity index (χ2n) is 8.60. The minimum absolute atomic E-state index is 0.0197. The third-order valence-electron chi connectivity index (χ3n) is 6.01. The smallest absolute Gasteiger partial charge is 0.352 e. The van der Waals surface area contributed by atoms with E-state index in [2.05, 4.69) is 20.5 Å². The lowest BCUT2D eigenvalue weighted by Gasteiger charge is -2.13. The summed E-state index contributed by atoms with van der Waals surface area (Å²) in [4.78, 5) is 17.4. The van der Waals surface area contributed by atoms with Crippen LogP contribution in [0.1, 0.15) is 33.9 Å². The van der Waals surface area contributed by atoms with Gasteiger partial charge in [0.2, 0.25) is 0 Å². The van der Waals surface area contributed by atoms with E-state index in [1.165, 1.54) is 0 Å². The number of hydrogen-bond acceptors (Lipinski definition) is 4. The third-order valence-corrected chi connectivity index (χ3v) is 6.01. The van der Waals surface area contributed by atoms with Crippen molar-refractivity contribution >= 4 is 22.3 Å². The number of carbonyl (C=O) groups is 1. The Morgan fingerprint density at radius 1 is 1.06 bits per heavy atom. The molecule has 0 aliphatic rings. The maximum atomic E-state index is 14.0. The molecule has 0 aliphatic carbocycles. The highest BCUT2D eigenvalue weighted by atomic mass is 19.4. The van der Waals surface area contributed by atoms with Crippen LogP contribution in [0.25, 0.3) is 27.7 Å². The molecule has 1 N–H and O–H groups in total. The van der Waals surface area contributed by atoms with E-state index < -0.39 is 17.8 Å². The SMILES string of the molecule is Cc1cc(C)n(CCCNC(=O)c2cnn3c(C(F)(F)F)cc(-c4cccc5ccccc45)nc23)n1. The van der Waals surface area contributed by atoms with Crippen LogP contribution in [-0.2, 0) is 12.7 Å². The fourth-order valence-corrected chi connectivity index (χ4v) is 4.34. The lowest BCUT2D eigenvalue weighted by Crippen LogP contribution is -2.25. The first-order chi connectivity index (χ1) is 17.2. The summed E-state index contributed by atoms with van der Waals surface area (Å²) in [6.07, 6.45) is -2.96. The molecule has 0 radical (unpaired) electrons. The Morgan fingerprint density at radius 2 is 1.83 bits per heavy atom. The zero-order valence-corrected chi connectivity index (χ0v) is 19.7. The quantitative estimate of drug-likeness (QED) is 0.331. The third kappa shape index (κ3) is 4.41. The van der Waals surface area contributed by atoms with Crippen LogP contribution in [0.2, 0.25) is 0 Å². The largest absolute Gasteiger partial charge is 0.433 e. The van der Waals surface area contributed by atoms with E-state index in [1.54, 1.807) is 12.1 Å². The Hall–Kier alpha value is -4.21. The number of aryl methyl sites for hydroxylation is 3. The van der Waals surface area contributed by atoms with Gasteiger partial charge in [-0.25, -0.2) is 9.50 Å². The summed E-state index contributed by atoms with van der Waals surface area (Å²) >= 11 is 0. The number of fused-ring (bicyclic) bond motifs is 2. The summed E-state index contributed by atoms with van der Waals surface area (Å²) in [6, 6.07) is 15.7. The van der Waals surface area contributed by atoms with Crippen molar-refractivity contribution in [3.8, 4) is 11.3 Å². The molecule has 0 fully saturated rings. The summed E-state index contributed by atoms with van der Waals surface area (Å²) in [5, 5.41) is 12.6. The fraction of sp³-hybridized carbons (Fsp3) is 0.231. The molecule has 0 saturated heterocycles. The van der Waals surface area contributed by atoms with E-state index >= 15 is 0 Å². The molecule has 10 heteroatoms. The number of halogens is 3. The van der Waals surface area contributed by atoms with E-state index in [9.17, 15) is 18.0 Å². The minimum atomic E-state index is -4.69. The Bertz CT molecular complexity index is 1580. The van der Waals surface area contributed by atoms with Gasteiger partial charge in [-0.3, -0.25) is 9.48 Å². The molecule has 5 aromatic rings. The van der Waals surface area contributed by atoms with Gasteiger partial charge < -0.3 is 5.32 Å². The van der Waals surface area contributed by atoms with Gasteiger partial charge in [-0.2, -0.15) is 23.4 Å². The van der Waals surface area contributed by atoms with Crippen molar-refractivity contribution in [2.45, 2.75) is 33.0 Å². The van der Waals surface area contributed by atoms with E-state index in [4.69, 9.17) is 0 Å². The minimum Gasteiger partial charge on any atom is -0.352 e.